The van der Waals surface area contributed by atoms with Gasteiger partial charge in [0.05, 0.1) is 11.3 Å². The first-order valence-corrected chi connectivity index (χ1v) is 8.06. The predicted octanol–water partition coefficient (Wildman–Crippen LogP) is 2.74. The molecule has 2 aromatic rings. The maximum atomic E-state index is 12.3. The first kappa shape index (κ1) is 16.7. The van der Waals surface area contributed by atoms with Crippen LogP contribution in [0.5, 0.6) is 0 Å². The second-order valence-corrected chi connectivity index (χ2v) is 5.66. The molecule has 1 fully saturated rings. The highest BCUT2D eigenvalue weighted by atomic mass is 16.5. The summed E-state index contributed by atoms with van der Waals surface area (Å²) in [5, 5.41) is 3.15. The molecule has 2 aromatic carbocycles. The van der Waals surface area contributed by atoms with E-state index in [4.69, 9.17) is 4.74 Å². The molecular formula is C19H18N2O4. The number of para-hydroxylation sites is 2. The van der Waals surface area contributed by atoms with Crippen LogP contribution in [0.1, 0.15) is 23.2 Å². The fraction of sp³-hybridized carbons (Fsp3) is 0.211. The van der Waals surface area contributed by atoms with Gasteiger partial charge in [-0.1, -0.05) is 30.3 Å². The fourth-order valence-corrected chi connectivity index (χ4v) is 2.64. The summed E-state index contributed by atoms with van der Waals surface area (Å²) in [6.07, 6.45) is 1.02. The van der Waals surface area contributed by atoms with Gasteiger partial charge < -0.3 is 10.1 Å². The molecular weight excluding hydrogens is 320 g/mol. The molecule has 1 aliphatic heterocycles. The number of anilines is 2. The van der Waals surface area contributed by atoms with Crippen molar-refractivity contribution in [1.82, 2.24) is 4.90 Å². The van der Waals surface area contributed by atoms with E-state index in [1.165, 1.54) is 0 Å². The Labute approximate surface area is 145 Å². The highest BCUT2D eigenvalue weighted by Gasteiger charge is 2.27. The first-order chi connectivity index (χ1) is 12.1. The number of ether oxygens (including phenoxy) is 1. The Morgan fingerprint density at radius 3 is 2.48 bits per heavy atom. The normalized spacial score (nSPS) is 13.6. The zero-order valence-corrected chi connectivity index (χ0v) is 13.6. The smallest absolute Gasteiger partial charge is 0.340 e. The Hall–Kier alpha value is -3.15. The molecule has 1 aliphatic rings. The molecule has 2 amide bonds. The molecule has 25 heavy (non-hydrogen) atoms. The number of esters is 1. The van der Waals surface area contributed by atoms with Gasteiger partial charge in [-0.15, -0.1) is 0 Å². The van der Waals surface area contributed by atoms with Crippen LogP contribution in [0.4, 0.5) is 11.4 Å². The molecule has 6 nitrogen and oxygen atoms in total. The molecule has 0 radical (unpaired) electrons. The molecule has 0 aromatic heterocycles. The predicted molar refractivity (Wildman–Crippen MR) is 92.4 cm³/mol. The molecule has 0 aliphatic carbocycles. The van der Waals surface area contributed by atoms with E-state index in [2.05, 4.69) is 5.32 Å². The quantitative estimate of drug-likeness (QED) is 0.849. The Balaban J connectivity index is 1.66. The summed E-state index contributed by atoms with van der Waals surface area (Å²) in [7, 11) is 0. The van der Waals surface area contributed by atoms with Gasteiger partial charge in [0.15, 0.2) is 6.61 Å². The maximum Gasteiger partial charge on any atom is 0.340 e. The topological polar surface area (TPSA) is 75.7 Å². The number of imide groups is 1. The molecule has 6 heteroatoms. The van der Waals surface area contributed by atoms with Crippen LogP contribution in [0, 0.1) is 0 Å². The Bertz CT molecular complexity index is 789. The van der Waals surface area contributed by atoms with Gasteiger partial charge in [0.25, 0.3) is 5.91 Å². The van der Waals surface area contributed by atoms with Crippen LogP contribution >= 0.6 is 0 Å². The number of nitrogens with zero attached hydrogens (tertiary/aromatic N) is 1. The summed E-state index contributed by atoms with van der Waals surface area (Å²) in [6.45, 7) is -0.0500. The van der Waals surface area contributed by atoms with E-state index >= 15 is 0 Å². The summed E-state index contributed by atoms with van der Waals surface area (Å²) in [4.78, 5) is 37.0. The number of nitrogens with one attached hydrogen (secondary N) is 1. The van der Waals surface area contributed by atoms with Crippen LogP contribution in [0.3, 0.4) is 0 Å². The average Bonchev–Trinajstić information content (AvgIpc) is 3.07. The number of carbonyl (C=O) groups is 3. The zero-order valence-electron chi connectivity index (χ0n) is 13.6. The molecule has 0 bridgehead atoms. The molecule has 0 unspecified atom stereocenters. The lowest BCUT2D eigenvalue weighted by Gasteiger charge is -2.14. The second-order valence-electron chi connectivity index (χ2n) is 5.66. The van der Waals surface area contributed by atoms with Gasteiger partial charge in [-0.2, -0.15) is 0 Å². The maximum absolute atomic E-state index is 12.3. The van der Waals surface area contributed by atoms with Crippen molar-refractivity contribution < 1.29 is 19.1 Å². The van der Waals surface area contributed by atoms with Crippen molar-refractivity contribution in [2.75, 3.05) is 18.5 Å². The van der Waals surface area contributed by atoms with E-state index in [1.807, 2.05) is 30.3 Å². The summed E-state index contributed by atoms with van der Waals surface area (Å²) in [5.41, 5.74) is 1.75. The lowest BCUT2D eigenvalue weighted by molar-refractivity contribution is -0.143. The number of carbonyl (C=O) groups excluding carboxylic acids is 3. The van der Waals surface area contributed by atoms with Crippen molar-refractivity contribution in [3.05, 3.63) is 60.2 Å². The molecule has 1 heterocycles. The van der Waals surface area contributed by atoms with Crippen LogP contribution in [-0.4, -0.2) is 35.8 Å². The standard InChI is InChI=1S/C19H18N2O4/c22-17-11-6-12-21(17)18(23)13-25-19(24)15-9-4-5-10-16(15)20-14-7-2-1-3-8-14/h1-5,7-10,20H,6,11-13H2. The van der Waals surface area contributed by atoms with Crippen LogP contribution in [0.25, 0.3) is 0 Å². The van der Waals surface area contributed by atoms with Crippen LogP contribution in [0.15, 0.2) is 54.6 Å². The number of amides is 2. The SMILES string of the molecule is O=C(OCC(=O)N1CCCC1=O)c1ccccc1Nc1ccccc1. The van der Waals surface area contributed by atoms with Crippen LogP contribution < -0.4 is 5.32 Å². The van der Waals surface area contributed by atoms with E-state index in [-0.39, 0.29) is 5.91 Å². The third-order valence-corrected chi connectivity index (χ3v) is 3.90. The summed E-state index contributed by atoms with van der Waals surface area (Å²) < 4.78 is 5.11. The molecule has 0 saturated carbocycles. The van der Waals surface area contributed by atoms with Crippen molar-refractivity contribution in [2.24, 2.45) is 0 Å². The number of hydrogen-bond acceptors (Lipinski definition) is 5. The third-order valence-electron chi connectivity index (χ3n) is 3.90. The van der Waals surface area contributed by atoms with Crippen LogP contribution in [-0.2, 0) is 14.3 Å². The van der Waals surface area contributed by atoms with Gasteiger partial charge >= 0.3 is 5.97 Å². The monoisotopic (exact) mass is 338 g/mol. The van der Waals surface area contributed by atoms with Crippen molar-refractivity contribution >= 4 is 29.2 Å². The number of rotatable bonds is 5. The Kier molecular flexibility index (Phi) is 5.09. The van der Waals surface area contributed by atoms with E-state index in [9.17, 15) is 14.4 Å². The summed E-state index contributed by atoms with van der Waals surface area (Å²) in [6, 6.07) is 16.3. The van der Waals surface area contributed by atoms with E-state index in [0.717, 1.165) is 10.6 Å². The summed E-state index contributed by atoms with van der Waals surface area (Å²) >= 11 is 0. The average molecular weight is 338 g/mol. The Morgan fingerprint density at radius 1 is 1.04 bits per heavy atom. The van der Waals surface area contributed by atoms with E-state index in [0.29, 0.717) is 30.6 Å². The van der Waals surface area contributed by atoms with Crippen molar-refractivity contribution in [3.63, 3.8) is 0 Å². The van der Waals surface area contributed by atoms with Crippen molar-refractivity contribution in [1.29, 1.82) is 0 Å². The van der Waals surface area contributed by atoms with Crippen molar-refractivity contribution in [2.45, 2.75) is 12.8 Å². The van der Waals surface area contributed by atoms with Gasteiger partial charge in [-0.3, -0.25) is 14.5 Å². The fourth-order valence-electron chi connectivity index (χ4n) is 2.64. The minimum absolute atomic E-state index is 0.216. The number of hydrogen-bond donors (Lipinski definition) is 1. The molecule has 3 rings (SSSR count). The highest BCUT2D eigenvalue weighted by molar-refractivity contribution is 6.00. The zero-order chi connectivity index (χ0) is 17.6. The molecule has 1 N–H and O–H groups in total. The van der Waals surface area contributed by atoms with Crippen LogP contribution in [0.2, 0.25) is 0 Å². The minimum Gasteiger partial charge on any atom is -0.452 e. The highest BCUT2D eigenvalue weighted by Crippen LogP contribution is 2.21. The lowest BCUT2D eigenvalue weighted by atomic mass is 10.1. The van der Waals surface area contributed by atoms with Gasteiger partial charge in [-0.05, 0) is 30.7 Å². The Morgan fingerprint density at radius 2 is 1.76 bits per heavy atom. The van der Waals surface area contributed by atoms with Crippen molar-refractivity contribution in [3.8, 4) is 0 Å². The van der Waals surface area contributed by atoms with Gasteiger partial charge in [0.2, 0.25) is 5.91 Å². The van der Waals surface area contributed by atoms with Gasteiger partial charge in [0, 0.05) is 18.7 Å². The molecule has 1 saturated heterocycles. The minimum atomic E-state index is -0.612. The molecule has 0 spiro atoms. The number of benzene rings is 2. The largest absolute Gasteiger partial charge is 0.452 e. The van der Waals surface area contributed by atoms with E-state index < -0.39 is 18.5 Å². The number of likely N-dealkylation sites (tertiary alicyclic amines) is 1. The molecule has 128 valence electrons. The lowest BCUT2D eigenvalue weighted by Crippen LogP contribution is -2.35. The molecule has 0 atom stereocenters. The van der Waals surface area contributed by atoms with Gasteiger partial charge in [-0.25, -0.2) is 4.79 Å². The third kappa shape index (κ3) is 4.03. The van der Waals surface area contributed by atoms with Gasteiger partial charge in [0.1, 0.15) is 0 Å². The summed E-state index contributed by atoms with van der Waals surface area (Å²) in [5.74, 6) is -1.31. The second kappa shape index (κ2) is 7.61. The van der Waals surface area contributed by atoms with E-state index in [1.54, 1.807) is 24.3 Å². The first-order valence-electron chi connectivity index (χ1n) is 8.06.